The van der Waals surface area contributed by atoms with Crippen LogP contribution in [0.4, 0.5) is 5.95 Å². The molecule has 0 aliphatic carbocycles. The van der Waals surface area contributed by atoms with E-state index in [-0.39, 0.29) is 5.91 Å². The molecule has 0 fully saturated rings. The second kappa shape index (κ2) is 5.94. The Hall–Kier alpha value is -2.44. The molecule has 100 valence electrons. The monoisotopic (exact) mass is 260 g/mol. The van der Waals surface area contributed by atoms with Crippen molar-refractivity contribution in [3.05, 3.63) is 35.9 Å². The largest absolute Gasteiger partial charge is 0.290 e. The molecule has 2 rings (SSSR count). The van der Waals surface area contributed by atoms with E-state index in [0.29, 0.717) is 17.6 Å². The summed E-state index contributed by atoms with van der Waals surface area (Å²) in [4.78, 5) is 19.7. The smallest absolute Gasteiger partial charge is 0.282 e. The van der Waals surface area contributed by atoms with Crippen molar-refractivity contribution in [2.75, 3.05) is 5.43 Å². The minimum atomic E-state index is -0.335. The van der Waals surface area contributed by atoms with Gasteiger partial charge in [-0.2, -0.15) is 5.10 Å². The fourth-order valence-electron chi connectivity index (χ4n) is 1.56. The molecule has 19 heavy (non-hydrogen) atoms. The third-order valence-corrected chi connectivity index (χ3v) is 2.35. The molecule has 0 aliphatic rings. The first kappa shape index (κ1) is 13.0. The lowest BCUT2D eigenvalue weighted by Gasteiger charge is -2.03. The number of anilines is 1. The van der Waals surface area contributed by atoms with Crippen molar-refractivity contribution < 1.29 is 4.79 Å². The molecule has 0 radical (unpaired) electrons. The number of hydrogen-bond acceptors (Lipinski definition) is 5. The Morgan fingerprint density at radius 2 is 2.11 bits per heavy atom. The van der Waals surface area contributed by atoms with E-state index in [1.165, 1.54) is 0 Å². The van der Waals surface area contributed by atoms with Gasteiger partial charge in [-0.25, -0.2) is 9.97 Å². The first-order valence-electron chi connectivity index (χ1n) is 6.03. The van der Waals surface area contributed by atoms with E-state index in [0.717, 1.165) is 12.1 Å². The number of carbonyl (C=O) groups excluding carboxylic acids is 1. The normalized spacial score (nSPS) is 10.5. The highest BCUT2D eigenvalue weighted by atomic mass is 16.2. The summed E-state index contributed by atoms with van der Waals surface area (Å²) < 4.78 is 0. The average Bonchev–Trinajstić information content (AvgIpc) is 2.85. The van der Waals surface area contributed by atoms with Gasteiger partial charge < -0.3 is 0 Å². The molecule has 0 unspecified atom stereocenters. The molecule has 2 heterocycles. The first-order chi connectivity index (χ1) is 9.15. The van der Waals surface area contributed by atoms with Gasteiger partial charge in [0.05, 0.1) is 0 Å². The van der Waals surface area contributed by atoms with Gasteiger partial charge >= 0.3 is 0 Å². The van der Waals surface area contributed by atoms with E-state index < -0.39 is 0 Å². The lowest BCUT2D eigenvalue weighted by molar-refractivity contribution is 0.0957. The van der Waals surface area contributed by atoms with E-state index in [4.69, 9.17) is 0 Å². The molecule has 2 aromatic rings. The van der Waals surface area contributed by atoms with Crippen LogP contribution in [0.3, 0.4) is 0 Å². The summed E-state index contributed by atoms with van der Waals surface area (Å²) in [5.41, 5.74) is 6.38. The van der Waals surface area contributed by atoms with Gasteiger partial charge in [0.1, 0.15) is 0 Å². The van der Waals surface area contributed by atoms with Gasteiger partial charge in [0.2, 0.25) is 5.95 Å². The molecule has 0 aliphatic heterocycles. The van der Waals surface area contributed by atoms with Gasteiger partial charge in [0.25, 0.3) is 5.91 Å². The number of aromatic nitrogens is 4. The van der Waals surface area contributed by atoms with Crippen LogP contribution in [-0.4, -0.2) is 26.1 Å². The van der Waals surface area contributed by atoms with Gasteiger partial charge in [0.15, 0.2) is 5.69 Å². The van der Waals surface area contributed by atoms with Gasteiger partial charge in [-0.15, -0.1) is 0 Å². The van der Waals surface area contributed by atoms with Crippen molar-refractivity contribution in [2.24, 2.45) is 5.92 Å². The molecule has 0 saturated heterocycles. The molecule has 0 aromatic carbocycles. The van der Waals surface area contributed by atoms with Crippen LogP contribution in [-0.2, 0) is 6.42 Å². The van der Waals surface area contributed by atoms with Crippen LogP contribution in [0.1, 0.15) is 30.0 Å². The average molecular weight is 260 g/mol. The maximum atomic E-state index is 11.8. The van der Waals surface area contributed by atoms with E-state index in [2.05, 4.69) is 44.9 Å². The summed E-state index contributed by atoms with van der Waals surface area (Å²) in [6, 6.07) is 3.43. The maximum Gasteiger partial charge on any atom is 0.290 e. The molecule has 7 heteroatoms. The number of aromatic amines is 1. The third kappa shape index (κ3) is 3.77. The van der Waals surface area contributed by atoms with Crippen molar-refractivity contribution in [1.29, 1.82) is 0 Å². The van der Waals surface area contributed by atoms with Crippen LogP contribution < -0.4 is 10.9 Å². The van der Waals surface area contributed by atoms with E-state index in [1.54, 1.807) is 24.5 Å². The van der Waals surface area contributed by atoms with E-state index in [1.807, 2.05) is 0 Å². The molecule has 0 atom stereocenters. The van der Waals surface area contributed by atoms with Gasteiger partial charge in [-0.05, 0) is 24.5 Å². The van der Waals surface area contributed by atoms with Crippen LogP contribution in [0.25, 0.3) is 0 Å². The zero-order valence-corrected chi connectivity index (χ0v) is 10.8. The topological polar surface area (TPSA) is 95.6 Å². The van der Waals surface area contributed by atoms with Gasteiger partial charge in [-0.3, -0.25) is 20.7 Å². The number of H-pyrrole nitrogens is 1. The van der Waals surface area contributed by atoms with Gasteiger partial charge in [0, 0.05) is 18.1 Å². The molecule has 7 nitrogen and oxygen atoms in total. The number of carbonyl (C=O) groups is 1. The minimum absolute atomic E-state index is 0.328. The number of nitrogens with zero attached hydrogens (tertiary/aromatic N) is 3. The zero-order chi connectivity index (χ0) is 13.7. The van der Waals surface area contributed by atoms with Crippen LogP contribution in [0, 0.1) is 5.92 Å². The van der Waals surface area contributed by atoms with Crippen molar-refractivity contribution in [3.8, 4) is 0 Å². The number of hydrogen-bond donors (Lipinski definition) is 3. The van der Waals surface area contributed by atoms with Crippen molar-refractivity contribution >= 4 is 11.9 Å². The Labute approximate surface area is 110 Å². The van der Waals surface area contributed by atoms with Crippen LogP contribution in [0.15, 0.2) is 24.5 Å². The molecule has 0 spiro atoms. The predicted molar refractivity (Wildman–Crippen MR) is 70.3 cm³/mol. The van der Waals surface area contributed by atoms with Gasteiger partial charge in [-0.1, -0.05) is 13.8 Å². The highest BCUT2D eigenvalue weighted by molar-refractivity contribution is 5.92. The molecule has 2 aromatic heterocycles. The molecule has 0 bridgehead atoms. The highest BCUT2D eigenvalue weighted by Crippen LogP contribution is 2.06. The SMILES string of the molecule is CC(C)Cc1cc(C(=O)NNc2ncccn2)n[nH]1. The number of nitrogens with one attached hydrogen (secondary N) is 3. The number of amides is 1. The highest BCUT2D eigenvalue weighted by Gasteiger charge is 2.11. The fraction of sp³-hybridized carbons (Fsp3) is 0.333. The molecule has 0 saturated carbocycles. The third-order valence-electron chi connectivity index (χ3n) is 2.35. The lowest BCUT2D eigenvalue weighted by atomic mass is 10.1. The maximum absolute atomic E-state index is 11.8. The van der Waals surface area contributed by atoms with Crippen LogP contribution in [0.5, 0.6) is 0 Å². The summed E-state index contributed by atoms with van der Waals surface area (Å²) >= 11 is 0. The van der Waals surface area contributed by atoms with Crippen molar-refractivity contribution in [2.45, 2.75) is 20.3 Å². The molecule has 1 amide bonds. The Balaban J connectivity index is 1.91. The summed E-state index contributed by atoms with van der Waals surface area (Å²) in [6.07, 6.45) is 4.02. The summed E-state index contributed by atoms with van der Waals surface area (Å²) in [7, 11) is 0. The predicted octanol–water partition coefficient (Wildman–Crippen LogP) is 1.16. The first-order valence-corrected chi connectivity index (χ1v) is 6.03. The second-order valence-corrected chi connectivity index (χ2v) is 4.53. The second-order valence-electron chi connectivity index (χ2n) is 4.53. The molecular weight excluding hydrogens is 244 g/mol. The summed E-state index contributed by atoms with van der Waals surface area (Å²) in [5.74, 6) is 0.500. The Morgan fingerprint density at radius 3 is 2.79 bits per heavy atom. The van der Waals surface area contributed by atoms with Crippen molar-refractivity contribution in [1.82, 2.24) is 25.6 Å². The zero-order valence-electron chi connectivity index (χ0n) is 10.8. The minimum Gasteiger partial charge on any atom is -0.282 e. The Bertz CT molecular complexity index is 536. The number of rotatable bonds is 5. The molecule has 3 N–H and O–H groups in total. The summed E-state index contributed by atoms with van der Waals surface area (Å²) in [6.45, 7) is 4.21. The van der Waals surface area contributed by atoms with Crippen LogP contribution in [0.2, 0.25) is 0 Å². The lowest BCUT2D eigenvalue weighted by Crippen LogP contribution is -2.30. The fourth-order valence-corrected chi connectivity index (χ4v) is 1.56. The molecular formula is C12H16N6O. The van der Waals surface area contributed by atoms with Crippen molar-refractivity contribution in [3.63, 3.8) is 0 Å². The van der Waals surface area contributed by atoms with E-state index >= 15 is 0 Å². The quantitative estimate of drug-likeness (QED) is 0.701. The van der Waals surface area contributed by atoms with E-state index in [9.17, 15) is 4.79 Å². The Morgan fingerprint density at radius 1 is 1.37 bits per heavy atom. The van der Waals surface area contributed by atoms with Crippen LogP contribution >= 0.6 is 0 Å². The standard InChI is InChI=1S/C12H16N6O/c1-8(2)6-9-7-10(16-15-9)11(19)17-18-12-13-4-3-5-14-12/h3-5,7-8H,6H2,1-2H3,(H,15,16)(H,17,19)(H,13,14,18). The summed E-state index contributed by atoms with van der Waals surface area (Å²) in [5, 5.41) is 6.81. The Kier molecular flexibility index (Phi) is 4.07. The number of hydrazine groups is 1.